The fourth-order valence-electron chi connectivity index (χ4n) is 4.26. The van der Waals surface area contributed by atoms with Gasteiger partial charge < -0.3 is 19.0 Å². The third-order valence-corrected chi connectivity index (χ3v) is 5.80. The maximum Gasteiger partial charge on any atom is 0.469 e. The summed E-state index contributed by atoms with van der Waals surface area (Å²) in [5, 5.41) is 0. The van der Waals surface area contributed by atoms with Crippen LogP contribution < -0.4 is 0 Å². The molecule has 4 rings (SSSR count). The van der Waals surface area contributed by atoms with Crippen LogP contribution in [0.1, 0.15) is 62.1 Å². The SMILES string of the molecule is CC1=C(C(=O)OC(C)C)c2[nH]c3nc(C(F)(F)F)oc3c2C(C)(C)CN1C(=O)c1ccc(F)c(F)c1. The second kappa shape index (κ2) is 8.45. The summed E-state index contributed by atoms with van der Waals surface area (Å²) < 4.78 is 77.6. The van der Waals surface area contributed by atoms with Gasteiger partial charge in [0.2, 0.25) is 0 Å². The number of hydrogen-bond acceptors (Lipinski definition) is 5. The molecule has 0 unspecified atom stereocenters. The number of nitrogens with zero attached hydrogens (tertiary/aromatic N) is 2. The fourth-order valence-corrected chi connectivity index (χ4v) is 4.26. The lowest BCUT2D eigenvalue weighted by molar-refractivity contribution is -0.156. The lowest BCUT2D eigenvalue weighted by Crippen LogP contribution is -2.39. The molecule has 0 bridgehead atoms. The summed E-state index contributed by atoms with van der Waals surface area (Å²) in [7, 11) is 0. The highest BCUT2D eigenvalue weighted by Gasteiger charge is 2.44. The molecule has 0 radical (unpaired) electrons. The van der Waals surface area contributed by atoms with Gasteiger partial charge >= 0.3 is 18.0 Å². The van der Waals surface area contributed by atoms with Crippen molar-refractivity contribution in [2.24, 2.45) is 0 Å². The second-order valence-electron chi connectivity index (χ2n) is 9.39. The number of allylic oxidation sites excluding steroid dienone is 1. The predicted molar refractivity (Wildman–Crippen MR) is 118 cm³/mol. The fraction of sp³-hybridized carbons (Fsp3) is 0.375. The summed E-state index contributed by atoms with van der Waals surface area (Å²) in [5.74, 6) is -5.43. The Morgan fingerprint density at radius 3 is 2.44 bits per heavy atom. The number of hydrogen-bond donors (Lipinski definition) is 1. The van der Waals surface area contributed by atoms with Crippen molar-refractivity contribution in [1.82, 2.24) is 14.9 Å². The van der Waals surface area contributed by atoms with E-state index in [1.807, 2.05) is 0 Å². The van der Waals surface area contributed by atoms with E-state index < -0.39 is 47.1 Å². The normalized spacial score (nSPS) is 15.9. The van der Waals surface area contributed by atoms with Crippen LogP contribution in [0.3, 0.4) is 0 Å². The molecule has 0 fully saturated rings. The third-order valence-electron chi connectivity index (χ3n) is 5.80. The highest BCUT2D eigenvalue weighted by atomic mass is 19.4. The minimum Gasteiger partial charge on any atom is -0.459 e. The first-order valence-electron chi connectivity index (χ1n) is 10.9. The van der Waals surface area contributed by atoms with Crippen LogP contribution in [0.5, 0.6) is 0 Å². The van der Waals surface area contributed by atoms with Gasteiger partial charge in [0.1, 0.15) is 5.57 Å². The highest BCUT2D eigenvalue weighted by Crippen LogP contribution is 2.44. The first kappa shape index (κ1) is 25.4. The molecule has 0 saturated heterocycles. The van der Waals surface area contributed by atoms with Crippen molar-refractivity contribution >= 4 is 28.7 Å². The number of amides is 1. The lowest BCUT2D eigenvalue weighted by Gasteiger charge is -2.31. The quantitative estimate of drug-likeness (QED) is 0.367. The van der Waals surface area contributed by atoms with E-state index in [2.05, 4.69) is 9.97 Å². The number of rotatable bonds is 3. The number of ether oxygens (including phenoxy) is 1. The third kappa shape index (κ3) is 4.24. The molecule has 0 saturated carbocycles. The van der Waals surface area contributed by atoms with Gasteiger partial charge in [-0.2, -0.15) is 18.2 Å². The molecule has 0 spiro atoms. The van der Waals surface area contributed by atoms with Gasteiger partial charge in [0, 0.05) is 28.8 Å². The average molecular weight is 511 g/mol. The smallest absolute Gasteiger partial charge is 0.459 e. The highest BCUT2D eigenvalue weighted by molar-refractivity contribution is 6.19. The Balaban J connectivity index is 1.95. The molecule has 3 aromatic rings. The Morgan fingerprint density at radius 1 is 1.19 bits per heavy atom. The first-order chi connectivity index (χ1) is 16.6. The van der Waals surface area contributed by atoms with Crippen molar-refractivity contribution in [3.63, 3.8) is 0 Å². The summed E-state index contributed by atoms with van der Waals surface area (Å²) in [6, 6.07) is 2.64. The molecule has 1 N–H and O–H groups in total. The number of alkyl halides is 3. The number of benzene rings is 1. The van der Waals surface area contributed by atoms with Crippen molar-refractivity contribution in [2.75, 3.05) is 6.54 Å². The topological polar surface area (TPSA) is 88.4 Å². The van der Waals surface area contributed by atoms with E-state index in [0.29, 0.717) is 0 Å². The number of carbonyl (C=O) groups excluding carboxylic acids is 2. The summed E-state index contributed by atoms with van der Waals surface area (Å²) in [6.07, 6.45) is -5.40. The standard InChI is InChI=1S/C24H22F5N3O4/c1-10(2)35-21(34)15-11(3)32(20(33)12-6-7-13(25)14(26)8-12)9-23(4,5)16-17(15)30-19-18(16)36-22(31-19)24(27,28)29/h6-8,10,30H,9H2,1-5H3. The molecule has 1 aromatic carbocycles. The van der Waals surface area contributed by atoms with Crippen molar-refractivity contribution in [3.05, 3.63) is 58.2 Å². The molecule has 2 aromatic heterocycles. The van der Waals surface area contributed by atoms with Crippen LogP contribution in [0.15, 0.2) is 28.3 Å². The predicted octanol–water partition coefficient (Wildman–Crippen LogP) is 5.57. The maximum atomic E-state index is 13.9. The zero-order chi connectivity index (χ0) is 26.7. The van der Waals surface area contributed by atoms with E-state index in [1.54, 1.807) is 27.7 Å². The summed E-state index contributed by atoms with van der Waals surface area (Å²) in [6.45, 7) is 7.82. The number of carbonyl (C=O) groups is 2. The number of aromatic amines is 1. The Bertz CT molecular complexity index is 1410. The molecule has 1 aliphatic rings. The van der Waals surface area contributed by atoms with Crippen molar-refractivity contribution in [1.29, 1.82) is 0 Å². The summed E-state index contributed by atoms with van der Waals surface area (Å²) in [4.78, 5) is 34.1. The van der Waals surface area contributed by atoms with Gasteiger partial charge in [0.05, 0.1) is 11.8 Å². The van der Waals surface area contributed by atoms with Crippen molar-refractivity contribution in [2.45, 2.75) is 52.3 Å². The minimum absolute atomic E-state index is 0.0960. The number of aromatic nitrogens is 2. The zero-order valence-corrected chi connectivity index (χ0v) is 19.9. The molecular formula is C24H22F5N3O4. The molecule has 7 nitrogen and oxygen atoms in total. The lowest BCUT2D eigenvalue weighted by atomic mass is 9.83. The van der Waals surface area contributed by atoms with Crippen LogP contribution >= 0.6 is 0 Å². The van der Waals surface area contributed by atoms with Crippen LogP contribution in [-0.2, 0) is 21.1 Å². The van der Waals surface area contributed by atoms with Gasteiger partial charge in [-0.3, -0.25) is 4.79 Å². The van der Waals surface area contributed by atoms with E-state index >= 15 is 0 Å². The minimum atomic E-state index is -4.85. The van der Waals surface area contributed by atoms with E-state index in [-0.39, 0.29) is 45.9 Å². The van der Waals surface area contributed by atoms with Crippen LogP contribution in [0, 0.1) is 11.6 Å². The first-order valence-corrected chi connectivity index (χ1v) is 10.9. The van der Waals surface area contributed by atoms with Gasteiger partial charge in [-0.25, -0.2) is 13.6 Å². The monoisotopic (exact) mass is 511 g/mol. The van der Waals surface area contributed by atoms with Crippen LogP contribution in [0.2, 0.25) is 0 Å². The summed E-state index contributed by atoms with van der Waals surface area (Å²) in [5.41, 5.74) is -1.45. The van der Waals surface area contributed by atoms with E-state index in [9.17, 15) is 31.5 Å². The Hall–Kier alpha value is -3.70. The number of halogens is 5. The number of fused-ring (bicyclic) bond motifs is 3. The van der Waals surface area contributed by atoms with Gasteiger partial charge in [-0.1, -0.05) is 13.8 Å². The van der Waals surface area contributed by atoms with E-state index in [1.165, 1.54) is 11.8 Å². The molecule has 3 heterocycles. The number of esters is 1. The zero-order valence-electron chi connectivity index (χ0n) is 19.9. The van der Waals surface area contributed by atoms with Gasteiger partial charge in [-0.05, 0) is 39.0 Å². The second-order valence-corrected chi connectivity index (χ2v) is 9.39. The number of oxazole rings is 1. The van der Waals surface area contributed by atoms with Crippen LogP contribution in [0.25, 0.3) is 16.8 Å². The largest absolute Gasteiger partial charge is 0.469 e. The molecule has 1 amide bonds. The number of nitrogens with one attached hydrogen (secondary N) is 1. The molecule has 1 aliphatic heterocycles. The van der Waals surface area contributed by atoms with Crippen molar-refractivity contribution in [3.8, 4) is 0 Å². The van der Waals surface area contributed by atoms with E-state index in [4.69, 9.17) is 9.15 Å². The van der Waals surface area contributed by atoms with Crippen LogP contribution in [-0.4, -0.2) is 39.4 Å². The average Bonchev–Trinajstić information content (AvgIpc) is 3.29. The maximum absolute atomic E-state index is 13.9. The molecule has 36 heavy (non-hydrogen) atoms. The Kier molecular flexibility index (Phi) is 5.96. The molecule has 0 atom stereocenters. The van der Waals surface area contributed by atoms with Gasteiger partial charge in [-0.15, -0.1) is 0 Å². The molecular weight excluding hydrogens is 489 g/mol. The molecule has 12 heteroatoms. The molecule has 0 aliphatic carbocycles. The van der Waals surface area contributed by atoms with Crippen molar-refractivity contribution < 1.29 is 40.7 Å². The molecule has 192 valence electrons. The Morgan fingerprint density at radius 2 is 1.86 bits per heavy atom. The van der Waals surface area contributed by atoms with Gasteiger partial charge in [0.15, 0.2) is 22.9 Å². The number of H-pyrrole nitrogens is 1. The van der Waals surface area contributed by atoms with E-state index in [0.717, 1.165) is 18.2 Å². The summed E-state index contributed by atoms with van der Waals surface area (Å²) >= 11 is 0. The Labute approximate surface area is 201 Å². The van der Waals surface area contributed by atoms with Crippen LogP contribution in [0.4, 0.5) is 22.0 Å². The van der Waals surface area contributed by atoms with Gasteiger partial charge in [0.25, 0.3) is 5.91 Å².